The first-order valence-corrected chi connectivity index (χ1v) is 7.17. The van der Waals surface area contributed by atoms with Crippen molar-refractivity contribution in [2.45, 2.75) is 38.6 Å². The maximum atomic E-state index is 4.53. The van der Waals surface area contributed by atoms with Gasteiger partial charge in [0.2, 0.25) is 5.13 Å². The van der Waals surface area contributed by atoms with Gasteiger partial charge in [0.05, 0.1) is 0 Å². The first-order chi connectivity index (χ1) is 7.05. The molecule has 0 aliphatic carbocycles. The lowest BCUT2D eigenvalue weighted by molar-refractivity contribution is 0.555. The maximum Gasteiger partial charge on any atom is 0.202 e. The molecule has 1 aliphatic rings. The maximum absolute atomic E-state index is 4.53. The molecule has 1 N–H and O–H groups in total. The van der Waals surface area contributed by atoms with Crippen molar-refractivity contribution in [3.63, 3.8) is 0 Å². The standard InChI is InChI=1S/C10H17N3S2/c1-10(2,3)8-12-9(15-13-8)11-7-4-5-14-6-7/h7H,4-6H2,1-3H3,(H,11,12,13). The monoisotopic (exact) mass is 243 g/mol. The van der Waals surface area contributed by atoms with Crippen LogP contribution in [-0.4, -0.2) is 26.9 Å². The van der Waals surface area contributed by atoms with Crippen LogP contribution in [0.4, 0.5) is 5.13 Å². The van der Waals surface area contributed by atoms with E-state index in [1.54, 1.807) is 0 Å². The van der Waals surface area contributed by atoms with Gasteiger partial charge in [0, 0.05) is 28.7 Å². The van der Waals surface area contributed by atoms with E-state index in [-0.39, 0.29) is 5.41 Å². The van der Waals surface area contributed by atoms with Gasteiger partial charge in [0.1, 0.15) is 5.82 Å². The van der Waals surface area contributed by atoms with E-state index in [1.165, 1.54) is 29.5 Å². The number of rotatable bonds is 2. The molecule has 0 aromatic carbocycles. The molecule has 1 atom stereocenters. The second kappa shape index (κ2) is 4.29. The molecule has 0 bridgehead atoms. The lowest BCUT2D eigenvalue weighted by atomic mass is 9.96. The summed E-state index contributed by atoms with van der Waals surface area (Å²) in [6.07, 6.45) is 1.25. The lowest BCUT2D eigenvalue weighted by Gasteiger charge is -2.12. The minimum absolute atomic E-state index is 0.0564. The van der Waals surface area contributed by atoms with Crippen molar-refractivity contribution in [3.8, 4) is 0 Å². The summed E-state index contributed by atoms with van der Waals surface area (Å²) < 4.78 is 4.39. The second-order valence-electron chi connectivity index (χ2n) is 4.88. The van der Waals surface area contributed by atoms with Gasteiger partial charge in [0.25, 0.3) is 0 Å². The summed E-state index contributed by atoms with van der Waals surface area (Å²) in [7, 11) is 0. The van der Waals surface area contributed by atoms with Gasteiger partial charge in [-0.2, -0.15) is 16.1 Å². The lowest BCUT2D eigenvalue weighted by Crippen LogP contribution is -2.18. The normalized spacial score (nSPS) is 21.9. The Balaban J connectivity index is 2.00. The Kier molecular flexibility index (Phi) is 3.21. The zero-order valence-corrected chi connectivity index (χ0v) is 11.0. The summed E-state index contributed by atoms with van der Waals surface area (Å²) in [6.45, 7) is 6.43. The number of anilines is 1. The molecule has 2 heterocycles. The van der Waals surface area contributed by atoms with Crippen molar-refractivity contribution in [3.05, 3.63) is 5.82 Å². The Hall–Kier alpha value is -0.290. The molecule has 1 unspecified atom stereocenters. The van der Waals surface area contributed by atoms with Crippen LogP contribution in [0.15, 0.2) is 0 Å². The van der Waals surface area contributed by atoms with Crippen LogP contribution in [-0.2, 0) is 5.41 Å². The van der Waals surface area contributed by atoms with Crippen molar-refractivity contribution in [2.24, 2.45) is 0 Å². The molecule has 5 heteroatoms. The zero-order chi connectivity index (χ0) is 10.9. The van der Waals surface area contributed by atoms with E-state index in [2.05, 4.69) is 35.4 Å². The van der Waals surface area contributed by atoms with Crippen LogP contribution in [0, 0.1) is 0 Å². The summed E-state index contributed by atoms with van der Waals surface area (Å²) in [5.74, 6) is 3.41. The van der Waals surface area contributed by atoms with Crippen LogP contribution in [0.5, 0.6) is 0 Å². The van der Waals surface area contributed by atoms with Crippen molar-refractivity contribution in [1.29, 1.82) is 0 Å². The van der Waals surface area contributed by atoms with E-state index in [0.29, 0.717) is 6.04 Å². The molecule has 1 aromatic rings. The summed E-state index contributed by atoms with van der Waals surface area (Å²) in [5, 5.41) is 4.44. The largest absolute Gasteiger partial charge is 0.357 e. The quantitative estimate of drug-likeness (QED) is 0.867. The topological polar surface area (TPSA) is 37.8 Å². The first-order valence-electron chi connectivity index (χ1n) is 5.24. The number of hydrogen-bond donors (Lipinski definition) is 1. The Morgan fingerprint density at radius 3 is 2.73 bits per heavy atom. The highest BCUT2D eigenvalue weighted by molar-refractivity contribution is 7.99. The van der Waals surface area contributed by atoms with Crippen LogP contribution in [0.2, 0.25) is 0 Å². The number of nitrogens with zero attached hydrogens (tertiary/aromatic N) is 2. The molecule has 0 spiro atoms. The van der Waals surface area contributed by atoms with Crippen LogP contribution >= 0.6 is 23.3 Å². The van der Waals surface area contributed by atoms with E-state index in [1.807, 2.05) is 11.8 Å². The average Bonchev–Trinajstić information content (AvgIpc) is 2.73. The smallest absolute Gasteiger partial charge is 0.202 e. The Morgan fingerprint density at radius 2 is 2.20 bits per heavy atom. The van der Waals surface area contributed by atoms with E-state index >= 15 is 0 Å². The molecular formula is C10H17N3S2. The van der Waals surface area contributed by atoms with Gasteiger partial charge < -0.3 is 5.32 Å². The summed E-state index contributed by atoms with van der Waals surface area (Å²) in [5.41, 5.74) is 0.0564. The SMILES string of the molecule is CC(C)(C)c1nsc(NC2CCSC2)n1. The van der Waals surface area contributed by atoms with Crippen molar-refractivity contribution in [2.75, 3.05) is 16.8 Å². The highest BCUT2D eigenvalue weighted by Crippen LogP contribution is 2.25. The van der Waals surface area contributed by atoms with E-state index in [9.17, 15) is 0 Å². The molecule has 1 saturated heterocycles. The highest BCUT2D eigenvalue weighted by Gasteiger charge is 2.21. The van der Waals surface area contributed by atoms with Gasteiger partial charge in [0.15, 0.2) is 0 Å². The fourth-order valence-corrected chi connectivity index (χ4v) is 3.40. The first kappa shape index (κ1) is 11.2. The second-order valence-corrected chi connectivity index (χ2v) is 6.78. The molecule has 1 aromatic heterocycles. The Morgan fingerprint density at radius 1 is 1.40 bits per heavy atom. The Labute approximate surface area is 99.2 Å². The highest BCUT2D eigenvalue weighted by atomic mass is 32.2. The molecular weight excluding hydrogens is 226 g/mol. The van der Waals surface area contributed by atoms with Gasteiger partial charge in [-0.15, -0.1) is 0 Å². The molecule has 2 rings (SSSR count). The van der Waals surface area contributed by atoms with Crippen LogP contribution in [0.25, 0.3) is 0 Å². The molecule has 1 fully saturated rings. The summed E-state index contributed by atoms with van der Waals surface area (Å²) in [4.78, 5) is 4.53. The zero-order valence-electron chi connectivity index (χ0n) is 9.41. The molecule has 0 amide bonds. The summed E-state index contributed by atoms with van der Waals surface area (Å²) >= 11 is 3.49. The fraction of sp³-hybridized carbons (Fsp3) is 0.800. The third kappa shape index (κ3) is 2.84. The fourth-order valence-electron chi connectivity index (χ4n) is 1.41. The van der Waals surface area contributed by atoms with Gasteiger partial charge in [-0.1, -0.05) is 20.8 Å². The van der Waals surface area contributed by atoms with Crippen LogP contribution < -0.4 is 5.32 Å². The van der Waals surface area contributed by atoms with Crippen molar-refractivity contribution in [1.82, 2.24) is 9.36 Å². The molecule has 84 valence electrons. The number of aromatic nitrogens is 2. The number of thioether (sulfide) groups is 1. The van der Waals surface area contributed by atoms with Crippen molar-refractivity contribution >= 4 is 28.4 Å². The van der Waals surface area contributed by atoms with Gasteiger partial charge in [-0.25, -0.2) is 4.98 Å². The Bertz CT molecular complexity index is 324. The van der Waals surface area contributed by atoms with Gasteiger partial charge >= 0.3 is 0 Å². The minimum atomic E-state index is 0.0564. The van der Waals surface area contributed by atoms with Crippen molar-refractivity contribution < 1.29 is 0 Å². The van der Waals surface area contributed by atoms with E-state index in [4.69, 9.17) is 0 Å². The third-order valence-electron chi connectivity index (χ3n) is 2.35. The van der Waals surface area contributed by atoms with Crippen LogP contribution in [0.1, 0.15) is 33.0 Å². The predicted molar refractivity (Wildman–Crippen MR) is 68.0 cm³/mol. The molecule has 1 aliphatic heterocycles. The van der Waals surface area contributed by atoms with Crippen LogP contribution in [0.3, 0.4) is 0 Å². The molecule has 3 nitrogen and oxygen atoms in total. The third-order valence-corrected chi connectivity index (χ3v) is 4.16. The van der Waals surface area contributed by atoms with Gasteiger partial charge in [-0.3, -0.25) is 0 Å². The van der Waals surface area contributed by atoms with E-state index < -0.39 is 0 Å². The molecule has 15 heavy (non-hydrogen) atoms. The van der Waals surface area contributed by atoms with Gasteiger partial charge in [-0.05, 0) is 12.2 Å². The molecule has 0 saturated carbocycles. The average molecular weight is 243 g/mol. The number of nitrogens with one attached hydrogen (secondary N) is 1. The molecule has 0 radical (unpaired) electrons. The number of hydrogen-bond acceptors (Lipinski definition) is 5. The minimum Gasteiger partial charge on any atom is -0.357 e. The van der Waals surface area contributed by atoms with E-state index in [0.717, 1.165) is 11.0 Å². The summed E-state index contributed by atoms with van der Waals surface area (Å²) in [6, 6.07) is 0.593. The predicted octanol–water partition coefficient (Wildman–Crippen LogP) is 2.75.